The van der Waals surface area contributed by atoms with Crippen molar-refractivity contribution in [2.45, 2.75) is 26.2 Å². The molecule has 0 unspecified atom stereocenters. The smallest absolute Gasteiger partial charge is 0.220 e. The number of hydrogen-bond acceptors (Lipinski definition) is 3. The van der Waals surface area contributed by atoms with Gasteiger partial charge in [-0.1, -0.05) is 6.07 Å². The minimum Gasteiger partial charge on any atom is -0.497 e. The molecule has 1 amide bonds. The first-order valence-corrected chi connectivity index (χ1v) is 7.37. The van der Waals surface area contributed by atoms with Gasteiger partial charge in [-0.15, -0.1) is 11.6 Å². The summed E-state index contributed by atoms with van der Waals surface area (Å²) in [7, 11) is 1.63. The molecule has 0 atom stereocenters. The number of ether oxygens (including phenoxy) is 2. The Kier molecular flexibility index (Phi) is 7.88. The largest absolute Gasteiger partial charge is 0.497 e. The molecule has 1 rings (SSSR count). The maximum absolute atomic E-state index is 11.5. The zero-order valence-corrected chi connectivity index (χ0v) is 12.8. The minimum absolute atomic E-state index is 0.0390. The van der Waals surface area contributed by atoms with Gasteiger partial charge in [-0.25, -0.2) is 0 Å². The molecule has 0 aliphatic carbocycles. The lowest BCUT2D eigenvalue weighted by atomic mass is 10.1. The molecule has 0 aliphatic heterocycles. The van der Waals surface area contributed by atoms with Crippen LogP contribution in [0.25, 0.3) is 0 Å². The topological polar surface area (TPSA) is 47.6 Å². The van der Waals surface area contributed by atoms with Crippen LogP contribution in [0.15, 0.2) is 18.2 Å². The van der Waals surface area contributed by atoms with Crippen molar-refractivity contribution in [3.05, 3.63) is 23.8 Å². The van der Waals surface area contributed by atoms with Crippen LogP contribution in [0.3, 0.4) is 0 Å². The average Bonchev–Trinajstić information content (AvgIpc) is 2.46. The molecule has 0 spiro atoms. The average molecular weight is 300 g/mol. The van der Waals surface area contributed by atoms with E-state index in [-0.39, 0.29) is 5.91 Å². The van der Waals surface area contributed by atoms with Gasteiger partial charge in [-0.05, 0) is 31.4 Å². The standard InChI is InChI=1S/C15H22ClNO3/c1-3-20-14-11-13(19-2)7-6-12(14)8-10-17-15(18)5-4-9-16/h6-7,11H,3-5,8-10H2,1-2H3,(H,17,18). The Morgan fingerprint density at radius 3 is 2.85 bits per heavy atom. The fourth-order valence-corrected chi connectivity index (χ4v) is 1.94. The van der Waals surface area contributed by atoms with Crippen LogP contribution in [0.1, 0.15) is 25.3 Å². The number of hydrogen-bond donors (Lipinski definition) is 1. The van der Waals surface area contributed by atoms with E-state index in [1.54, 1.807) is 7.11 Å². The predicted molar refractivity (Wildman–Crippen MR) is 80.8 cm³/mol. The van der Waals surface area contributed by atoms with Crippen LogP contribution in [0.5, 0.6) is 11.5 Å². The molecule has 0 aliphatic rings. The third kappa shape index (κ3) is 5.70. The first kappa shape index (κ1) is 16.6. The molecule has 0 aromatic heterocycles. The van der Waals surface area contributed by atoms with E-state index in [0.29, 0.717) is 31.9 Å². The third-order valence-electron chi connectivity index (χ3n) is 2.83. The van der Waals surface area contributed by atoms with E-state index in [4.69, 9.17) is 21.1 Å². The Balaban J connectivity index is 2.52. The molecular weight excluding hydrogens is 278 g/mol. The Labute approximate surface area is 125 Å². The number of carbonyl (C=O) groups excluding carboxylic acids is 1. The van der Waals surface area contributed by atoms with Crippen molar-refractivity contribution in [1.82, 2.24) is 5.32 Å². The van der Waals surface area contributed by atoms with Gasteiger partial charge in [0.15, 0.2) is 0 Å². The van der Waals surface area contributed by atoms with Crippen molar-refractivity contribution in [2.24, 2.45) is 0 Å². The highest BCUT2D eigenvalue weighted by Crippen LogP contribution is 2.25. The van der Waals surface area contributed by atoms with Crippen molar-refractivity contribution in [3.63, 3.8) is 0 Å². The van der Waals surface area contributed by atoms with E-state index >= 15 is 0 Å². The third-order valence-corrected chi connectivity index (χ3v) is 3.10. The number of amides is 1. The zero-order chi connectivity index (χ0) is 14.8. The minimum atomic E-state index is 0.0390. The van der Waals surface area contributed by atoms with Gasteiger partial charge in [0, 0.05) is 24.9 Å². The number of methoxy groups -OCH3 is 1. The number of carbonyl (C=O) groups is 1. The highest BCUT2D eigenvalue weighted by Gasteiger charge is 2.06. The summed E-state index contributed by atoms with van der Waals surface area (Å²) in [4.78, 5) is 11.5. The second kappa shape index (κ2) is 9.48. The van der Waals surface area contributed by atoms with Gasteiger partial charge in [0.25, 0.3) is 0 Å². The Morgan fingerprint density at radius 1 is 1.40 bits per heavy atom. The number of alkyl halides is 1. The van der Waals surface area contributed by atoms with Gasteiger partial charge in [-0.2, -0.15) is 0 Å². The van der Waals surface area contributed by atoms with Crippen molar-refractivity contribution < 1.29 is 14.3 Å². The highest BCUT2D eigenvalue weighted by molar-refractivity contribution is 6.17. The van der Waals surface area contributed by atoms with E-state index in [9.17, 15) is 4.79 Å². The lowest BCUT2D eigenvalue weighted by Crippen LogP contribution is -2.25. The summed E-state index contributed by atoms with van der Waals surface area (Å²) in [5.41, 5.74) is 1.06. The van der Waals surface area contributed by atoms with Gasteiger partial charge in [-0.3, -0.25) is 4.79 Å². The first-order valence-electron chi connectivity index (χ1n) is 6.83. The van der Waals surface area contributed by atoms with E-state index in [1.807, 2.05) is 25.1 Å². The number of benzene rings is 1. The molecule has 1 N–H and O–H groups in total. The van der Waals surface area contributed by atoms with Crippen LogP contribution < -0.4 is 14.8 Å². The van der Waals surface area contributed by atoms with Gasteiger partial charge in [0.05, 0.1) is 13.7 Å². The predicted octanol–water partition coefficient (Wildman–Crippen LogP) is 2.77. The molecule has 0 saturated heterocycles. The molecule has 20 heavy (non-hydrogen) atoms. The zero-order valence-electron chi connectivity index (χ0n) is 12.1. The molecule has 0 bridgehead atoms. The summed E-state index contributed by atoms with van der Waals surface area (Å²) < 4.78 is 10.8. The van der Waals surface area contributed by atoms with Gasteiger partial charge >= 0.3 is 0 Å². The number of rotatable bonds is 9. The lowest BCUT2D eigenvalue weighted by Gasteiger charge is -2.12. The van der Waals surface area contributed by atoms with E-state index < -0.39 is 0 Å². The molecule has 0 heterocycles. The number of halogens is 1. The van der Waals surface area contributed by atoms with Crippen LogP contribution in [0, 0.1) is 0 Å². The van der Waals surface area contributed by atoms with Gasteiger partial charge < -0.3 is 14.8 Å². The summed E-state index contributed by atoms with van der Waals surface area (Å²) in [5.74, 6) is 2.13. The van der Waals surface area contributed by atoms with Crippen LogP contribution >= 0.6 is 11.6 Å². The molecular formula is C15H22ClNO3. The molecule has 5 heteroatoms. The van der Waals surface area contributed by atoms with Crippen LogP contribution in [0.2, 0.25) is 0 Å². The quantitative estimate of drug-likeness (QED) is 0.713. The first-order chi connectivity index (χ1) is 9.71. The summed E-state index contributed by atoms with van der Waals surface area (Å²) in [6.07, 6.45) is 1.91. The van der Waals surface area contributed by atoms with Gasteiger partial charge in [0.1, 0.15) is 11.5 Å². The van der Waals surface area contributed by atoms with Crippen molar-refractivity contribution in [1.29, 1.82) is 0 Å². The maximum atomic E-state index is 11.5. The molecule has 0 radical (unpaired) electrons. The molecule has 1 aromatic carbocycles. The van der Waals surface area contributed by atoms with E-state index in [0.717, 1.165) is 23.5 Å². The fourth-order valence-electron chi connectivity index (χ4n) is 1.81. The Bertz CT molecular complexity index is 424. The summed E-state index contributed by atoms with van der Waals surface area (Å²) in [6.45, 7) is 3.13. The molecule has 0 fully saturated rings. The normalized spacial score (nSPS) is 10.2. The second-order valence-electron chi connectivity index (χ2n) is 4.30. The molecule has 0 saturated carbocycles. The lowest BCUT2D eigenvalue weighted by molar-refractivity contribution is -0.121. The monoisotopic (exact) mass is 299 g/mol. The van der Waals surface area contributed by atoms with Crippen LogP contribution in [-0.2, 0) is 11.2 Å². The van der Waals surface area contributed by atoms with Crippen LogP contribution in [-0.4, -0.2) is 32.0 Å². The van der Waals surface area contributed by atoms with Crippen molar-refractivity contribution in [3.8, 4) is 11.5 Å². The van der Waals surface area contributed by atoms with Gasteiger partial charge in [0.2, 0.25) is 5.91 Å². The summed E-state index contributed by atoms with van der Waals surface area (Å²) in [5, 5.41) is 2.88. The molecule has 112 valence electrons. The fraction of sp³-hybridized carbons (Fsp3) is 0.533. The Hall–Kier alpha value is -1.42. The summed E-state index contributed by atoms with van der Waals surface area (Å²) >= 11 is 5.55. The second-order valence-corrected chi connectivity index (χ2v) is 4.68. The highest BCUT2D eigenvalue weighted by atomic mass is 35.5. The summed E-state index contributed by atoms with van der Waals surface area (Å²) in [6, 6.07) is 5.73. The Morgan fingerprint density at radius 2 is 2.20 bits per heavy atom. The van der Waals surface area contributed by atoms with E-state index in [2.05, 4.69) is 5.32 Å². The molecule has 1 aromatic rings. The van der Waals surface area contributed by atoms with Crippen molar-refractivity contribution in [2.75, 3.05) is 26.1 Å². The SMILES string of the molecule is CCOc1cc(OC)ccc1CCNC(=O)CCCCl. The van der Waals surface area contributed by atoms with Crippen LogP contribution in [0.4, 0.5) is 0 Å². The van der Waals surface area contributed by atoms with E-state index in [1.165, 1.54) is 0 Å². The van der Waals surface area contributed by atoms with Crippen molar-refractivity contribution >= 4 is 17.5 Å². The maximum Gasteiger partial charge on any atom is 0.220 e. The molecule has 4 nitrogen and oxygen atoms in total. The number of nitrogens with one attached hydrogen (secondary N) is 1.